The molecule has 1 aliphatic rings. The molecule has 0 radical (unpaired) electrons. The van der Waals surface area contributed by atoms with Gasteiger partial charge in [-0.05, 0) is 50.5 Å². The number of hydrogen-bond acceptors (Lipinski definition) is 2. The minimum absolute atomic E-state index is 0.249. The molecule has 0 bridgehead atoms. The summed E-state index contributed by atoms with van der Waals surface area (Å²) in [6, 6.07) is 6.52. The Morgan fingerprint density at radius 2 is 1.89 bits per heavy atom. The van der Waals surface area contributed by atoms with E-state index in [9.17, 15) is 14.7 Å². The van der Waals surface area contributed by atoms with Crippen LogP contribution < -0.4 is 0 Å². The monoisotopic (exact) mass is 281 g/mol. The molecule has 2 rings (SSSR count). The van der Waals surface area contributed by atoms with Crippen molar-refractivity contribution in [3.8, 4) is 0 Å². The highest BCUT2D eigenvalue weighted by atomic mass is 35.5. The van der Waals surface area contributed by atoms with Crippen LogP contribution in [0.5, 0.6) is 0 Å². The molecular weight excluding hydrogens is 266 g/mol. The van der Waals surface area contributed by atoms with Crippen LogP contribution in [-0.4, -0.2) is 34.0 Å². The Hall–Kier alpha value is -1.55. The number of benzene rings is 1. The highest BCUT2D eigenvalue weighted by Gasteiger charge is 2.44. The first-order valence-corrected chi connectivity index (χ1v) is 6.64. The quantitative estimate of drug-likeness (QED) is 0.907. The third-order valence-corrected chi connectivity index (χ3v) is 3.94. The number of hydrogen-bond donors (Lipinski definition) is 1. The highest BCUT2D eigenvalue weighted by molar-refractivity contribution is 6.30. The molecular formula is C14H16ClNO3. The molecule has 1 amide bonds. The SMILES string of the molecule is CC1(C(=O)O)CCCCN1C(=O)c1ccc(Cl)cc1. The van der Waals surface area contributed by atoms with E-state index in [1.165, 1.54) is 4.90 Å². The van der Waals surface area contributed by atoms with Gasteiger partial charge < -0.3 is 10.0 Å². The largest absolute Gasteiger partial charge is 0.480 e. The van der Waals surface area contributed by atoms with Crippen molar-refractivity contribution in [1.82, 2.24) is 4.90 Å². The average molecular weight is 282 g/mol. The highest BCUT2D eigenvalue weighted by Crippen LogP contribution is 2.30. The van der Waals surface area contributed by atoms with Crippen molar-refractivity contribution in [3.05, 3.63) is 34.9 Å². The zero-order chi connectivity index (χ0) is 14.0. The zero-order valence-electron chi connectivity index (χ0n) is 10.7. The predicted octanol–water partition coefficient (Wildman–Crippen LogP) is 2.81. The molecule has 1 fully saturated rings. The van der Waals surface area contributed by atoms with Crippen molar-refractivity contribution >= 4 is 23.5 Å². The van der Waals surface area contributed by atoms with E-state index in [0.29, 0.717) is 23.6 Å². The van der Waals surface area contributed by atoms with Crippen LogP contribution in [0.2, 0.25) is 5.02 Å². The van der Waals surface area contributed by atoms with Crippen LogP contribution in [0.4, 0.5) is 0 Å². The molecule has 0 spiro atoms. The third kappa shape index (κ3) is 2.59. The van der Waals surface area contributed by atoms with E-state index < -0.39 is 11.5 Å². The number of halogens is 1. The molecule has 0 aromatic heterocycles. The van der Waals surface area contributed by atoms with Gasteiger partial charge in [0, 0.05) is 17.1 Å². The fourth-order valence-electron chi connectivity index (χ4n) is 2.42. The number of aliphatic carboxylic acids is 1. The van der Waals surface area contributed by atoms with Crippen LogP contribution in [0.1, 0.15) is 36.5 Å². The molecule has 1 N–H and O–H groups in total. The Labute approximate surface area is 117 Å². The smallest absolute Gasteiger partial charge is 0.329 e. The van der Waals surface area contributed by atoms with Gasteiger partial charge >= 0.3 is 5.97 Å². The van der Waals surface area contributed by atoms with Crippen LogP contribution in [0.25, 0.3) is 0 Å². The molecule has 5 heteroatoms. The normalized spacial score (nSPS) is 23.2. The number of rotatable bonds is 2. The lowest BCUT2D eigenvalue weighted by Crippen LogP contribution is -2.57. The number of carbonyl (C=O) groups is 2. The van der Waals surface area contributed by atoms with Gasteiger partial charge in [0.15, 0.2) is 0 Å². The zero-order valence-corrected chi connectivity index (χ0v) is 11.5. The Bertz CT molecular complexity index is 500. The maximum atomic E-state index is 12.5. The van der Waals surface area contributed by atoms with Crippen molar-refractivity contribution in [2.45, 2.75) is 31.7 Å². The van der Waals surface area contributed by atoms with E-state index in [1.54, 1.807) is 31.2 Å². The van der Waals surface area contributed by atoms with E-state index in [4.69, 9.17) is 11.6 Å². The van der Waals surface area contributed by atoms with E-state index in [0.717, 1.165) is 12.8 Å². The van der Waals surface area contributed by atoms with Crippen molar-refractivity contribution < 1.29 is 14.7 Å². The molecule has 0 saturated carbocycles. The van der Waals surface area contributed by atoms with Crippen LogP contribution in [0.3, 0.4) is 0 Å². The number of nitrogens with zero attached hydrogens (tertiary/aromatic N) is 1. The molecule has 0 aliphatic carbocycles. The van der Waals surface area contributed by atoms with Crippen LogP contribution in [0.15, 0.2) is 24.3 Å². The molecule has 1 unspecified atom stereocenters. The average Bonchev–Trinajstić information content (AvgIpc) is 2.39. The number of likely N-dealkylation sites (tertiary alicyclic amines) is 1. The Morgan fingerprint density at radius 1 is 1.26 bits per heavy atom. The van der Waals surface area contributed by atoms with Crippen molar-refractivity contribution in [2.24, 2.45) is 0 Å². The molecule has 1 aromatic rings. The van der Waals surface area contributed by atoms with Gasteiger partial charge in [0.25, 0.3) is 5.91 Å². The minimum atomic E-state index is -1.12. The Kier molecular flexibility index (Phi) is 3.80. The summed E-state index contributed by atoms with van der Waals surface area (Å²) in [7, 11) is 0. The number of carboxylic acids is 1. The topological polar surface area (TPSA) is 57.6 Å². The Morgan fingerprint density at radius 3 is 2.47 bits per heavy atom. The lowest BCUT2D eigenvalue weighted by Gasteiger charge is -2.41. The first-order chi connectivity index (χ1) is 8.95. The Balaban J connectivity index is 2.30. The van der Waals surface area contributed by atoms with E-state index in [1.807, 2.05) is 0 Å². The minimum Gasteiger partial charge on any atom is -0.480 e. The lowest BCUT2D eigenvalue weighted by atomic mass is 9.88. The summed E-state index contributed by atoms with van der Waals surface area (Å²) < 4.78 is 0. The van der Waals surface area contributed by atoms with Crippen LogP contribution >= 0.6 is 11.6 Å². The van der Waals surface area contributed by atoms with Crippen LogP contribution in [-0.2, 0) is 4.79 Å². The van der Waals surface area contributed by atoms with Crippen molar-refractivity contribution in [1.29, 1.82) is 0 Å². The fourth-order valence-corrected chi connectivity index (χ4v) is 2.54. The summed E-state index contributed by atoms with van der Waals surface area (Å²) in [4.78, 5) is 25.4. The number of piperidine rings is 1. The second kappa shape index (κ2) is 5.21. The van der Waals surface area contributed by atoms with Gasteiger partial charge in [0.05, 0.1) is 0 Å². The van der Waals surface area contributed by atoms with E-state index in [2.05, 4.69) is 0 Å². The summed E-state index contributed by atoms with van der Waals surface area (Å²) in [5.41, 5.74) is -0.645. The van der Waals surface area contributed by atoms with E-state index >= 15 is 0 Å². The molecule has 19 heavy (non-hydrogen) atoms. The summed E-state index contributed by atoms with van der Waals surface area (Å²) >= 11 is 5.79. The van der Waals surface area contributed by atoms with Gasteiger partial charge in [0.2, 0.25) is 0 Å². The summed E-state index contributed by atoms with van der Waals surface area (Å²) in [5.74, 6) is -1.20. The van der Waals surface area contributed by atoms with Gasteiger partial charge in [-0.25, -0.2) is 4.79 Å². The maximum Gasteiger partial charge on any atom is 0.329 e. The van der Waals surface area contributed by atoms with Crippen molar-refractivity contribution in [2.75, 3.05) is 6.54 Å². The van der Waals surface area contributed by atoms with E-state index in [-0.39, 0.29) is 5.91 Å². The summed E-state index contributed by atoms with van der Waals surface area (Å²) in [5, 5.41) is 9.94. The first-order valence-electron chi connectivity index (χ1n) is 6.26. The molecule has 4 nitrogen and oxygen atoms in total. The number of carbonyl (C=O) groups excluding carboxylic acids is 1. The van der Waals surface area contributed by atoms with Gasteiger partial charge in [-0.15, -0.1) is 0 Å². The molecule has 1 aromatic carbocycles. The van der Waals surface area contributed by atoms with Crippen molar-refractivity contribution in [3.63, 3.8) is 0 Å². The predicted molar refractivity (Wildman–Crippen MR) is 72.4 cm³/mol. The molecule has 1 heterocycles. The lowest BCUT2D eigenvalue weighted by molar-refractivity contribution is -0.150. The second-order valence-corrected chi connectivity index (χ2v) is 5.44. The number of carboxylic acid groups (broad SMARTS) is 1. The first kappa shape index (κ1) is 13.9. The van der Waals surface area contributed by atoms with Crippen LogP contribution in [0, 0.1) is 0 Å². The summed E-state index contributed by atoms with van der Waals surface area (Å²) in [6.07, 6.45) is 2.15. The second-order valence-electron chi connectivity index (χ2n) is 5.00. The van der Waals surface area contributed by atoms with Gasteiger partial charge in [-0.3, -0.25) is 4.79 Å². The van der Waals surface area contributed by atoms with Gasteiger partial charge in [-0.1, -0.05) is 11.6 Å². The molecule has 102 valence electrons. The van der Waals surface area contributed by atoms with Gasteiger partial charge in [0.1, 0.15) is 5.54 Å². The third-order valence-electron chi connectivity index (χ3n) is 3.69. The molecule has 1 aliphatic heterocycles. The standard InChI is InChI=1S/C14H16ClNO3/c1-14(13(18)19)8-2-3-9-16(14)12(17)10-4-6-11(15)7-5-10/h4-7H,2-3,8-9H2,1H3,(H,18,19). The molecule has 1 atom stereocenters. The molecule has 1 saturated heterocycles. The summed E-state index contributed by atoms with van der Waals surface area (Å²) in [6.45, 7) is 2.09. The fraction of sp³-hybridized carbons (Fsp3) is 0.429. The van der Waals surface area contributed by atoms with Gasteiger partial charge in [-0.2, -0.15) is 0 Å². The number of amides is 1. The maximum absolute atomic E-state index is 12.5.